The van der Waals surface area contributed by atoms with Crippen LogP contribution in [0, 0.1) is 17.8 Å². The molecule has 1 saturated carbocycles. The first-order chi connectivity index (χ1) is 27.0. The van der Waals surface area contributed by atoms with Crippen LogP contribution >= 0.6 is 23.2 Å². The van der Waals surface area contributed by atoms with Gasteiger partial charge in [0.05, 0.1) is 45.3 Å². The van der Waals surface area contributed by atoms with Crippen LogP contribution in [0.5, 0.6) is 0 Å². The van der Waals surface area contributed by atoms with Crippen molar-refractivity contribution in [1.82, 2.24) is 24.0 Å². The molecule has 1 fully saturated rings. The van der Waals surface area contributed by atoms with Gasteiger partial charge in [-0.2, -0.15) is 0 Å². The molecule has 1 unspecified atom stereocenters. The van der Waals surface area contributed by atoms with Crippen LogP contribution in [-0.4, -0.2) is 71.7 Å². The monoisotopic (exact) mass is 803 g/mol. The summed E-state index contributed by atoms with van der Waals surface area (Å²) in [6.45, 7) is 1.99. The van der Waals surface area contributed by atoms with Crippen LogP contribution < -0.4 is 10.6 Å². The number of β-amino-alcohol motifs (C(OH)–C–C–N with tert-alkyl or cyclic N) is 1. The number of carbonyl (C=O) groups is 3. The molecule has 1 atom stereocenters. The average molecular weight is 805 g/mol. The van der Waals surface area contributed by atoms with Gasteiger partial charge >= 0.3 is 5.97 Å². The summed E-state index contributed by atoms with van der Waals surface area (Å²) in [5.41, 5.74) is 5.90. The lowest BCUT2D eigenvalue weighted by Crippen LogP contribution is -2.33. The lowest BCUT2D eigenvalue weighted by atomic mass is 9.78. The molecule has 3 heterocycles. The predicted molar refractivity (Wildman–Crippen MR) is 217 cm³/mol. The second-order valence-electron chi connectivity index (χ2n) is 15.7. The molecule has 0 radical (unpaired) electrons. The number of nitrogens with zero attached hydrogens (tertiary/aromatic N) is 5. The van der Waals surface area contributed by atoms with Crippen molar-refractivity contribution in [2.24, 2.45) is 31.8 Å². The van der Waals surface area contributed by atoms with Crippen LogP contribution in [0.3, 0.4) is 0 Å². The highest BCUT2D eigenvalue weighted by molar-refractivity contribution is 6.40. The summed E-state index contributed by atoms with van der Waals surface area (Å²) in [5, 5.41) is 25.2. The van der Waals surface area contributed by atoms with Crippen LogP contribution in [-0.2, 0) is 44.7 Å². The van der Waals surface area contributed by atoms with E-state index >= 15 is 0 Å². The molecular formula is C42H51Cl2N7O5. The summed E-state index contributed by atoms with van der Waals surface area (Å²) >= 11 is 13.9. The molecular weight excluding hydrogens is 753 g/mol. The molecule has 1 aliphatic heterocycles. The van der Waals surface area contributed by atoms with Crippen molar-refractivity contribution >= 4 is 52.4 Å². The highest BCUT2D eigenvalue weighted by atomic mass is 35.5. The molecule has 56 heavy (non-hydrogen) atoms. The Morgan fingerprint density at radius 1 is 0.750 bits per heavy atom. The van der Waals surface area contributed by atoms with Gasteiger partial charge in [-0.05, 0) is 75.3 Å². The van der Waals surface area contributed by atoms with Crippen molar-refractivity contribution in [3.05, 3.63) is 80.9 Å². The summed E-state index contributed by atoms with van der Waals surface area (Å²) in [7, 11) is 3.74. The van der Waals surface area contributed by atoms with Crippen LogP contribution in [0.2, 0.25) is 10.0 Å². The summed E-state index contributed by atoms with van der Waals surface area (Å²) < 4.78 is 3.74. The number of aliphatic hydroxyl groups is 1. The van der Waals surface area contributed by atoms with Gasteiger partial charge in [0.1, 0.15) is 0 Å². The van der Waals surface area contributed by atoms with E-state index in [1.165, 1.54) is 0 Å². The van der Waals surface area contributed by atoms with Gasteiger partial charge in [0, 0.05) is 62.7 Å². The van der Waals surface area contributed by atoms with E-state index in [1.54, 1.807) is 24.3 Å². The minimum Gasteiger partial charge on any atom is -0.481 e. The number of aliphatic hydroxyl groups excluding tert-OH is 1. The summed E-state index contributed by atoms with van der Waals surface area (Å²) in [4.78, 5) is 50.2. The molecule has 4 aromatic rings. The van der Waals surface area contributed by atoms with E-state index in [4.69, 9.17) is 28.2 Å². The molecule has 0 saturated heterocycles. The van der Waals surface area contributed by atoms with Gasteiger partial charge in [0.2, 0.25) is 0 Å². The SMILES string of the molecule is Cn1c(C(=O)Nc2cccc(-c3cccc(NC(=O)c4nc5c(n4C)CCN(CCO)C5)c3Cl)c2Cl)nc2c1CCC(CCC1CCC(C(=O)O)CC1)CCC2. The zero-order chi connectivity index (χ0) is 39.5. The van der Waals surface area contributed by atoms with Crippen molar-refractivity contribution in [3.63, 3.8) is 0 Å². The lowest BCUT2D eigenvalue weighted by molar-refractivity contribution is -0.143. The Balaban J connectivity index is 1.01. The highest BCUT2D eigenvalue weighted by Gasteiger charge is 2.29. The number of nitrogens with one attached hydrogen (secondary N) is 2. The van der Waals surface area contributed by atoms with Gasteiger partial charge in [-0.15, -0.1) is 0 Å². The van der Waals surface area contributed by atoms with Gasteiger partial charge in [-0.3, -0.25) is 19.3 Å². The van der Waals surface area contributed by atoms with E-state index in [1.807, 2.05) is 35.4 Å². The first-order valence-electron chi connectivity index (χ1n) is 19.9. The predicted octanol–water partition coefficient (Wildman–Crippen LogP) is 7.54. The number of halogens is 2. The maximum absolute atomic E-state index is 13.8. The number of hydrogen-bond acceptors (Lipinski definition) is 7. The number of benzene rings is 2. The number of carboxylic acids is 1. The van der Waals surface area contributed by atoms with Crippen molar-refractivity contribution in [1.29, 1.82) is 0 Å². The molecule has 2 amide bonds. The lowest BCUT2D eigenvalue weighted by Gasteiger charge is -2.28. The number of rotatable bonds is 11. The molecule has 298 valence electrons. The standard InChI is InChI=1S/C42H51Cl2N7O5/c1-49-34-19-16-25(12-13-26-14-17-27(18-15-26)42(55)56)6-3-9-30(34)45-38(49)40(53)47-31-10-4-7-28(36(31)43)29-8-5-11-32(37(29)44)48-41(54)39-46-33-24-51(22-23-52)21-20-35(33)50(39)2/h4-5,7-8,10-11,25-27,52H,3,6,9,12-24H2,1-2H3,(H,47,53)(H,48,54)(H,55,56). The van der Waals surface area contributed by atoms with Crippen molar-refractivity contribution in [2.75, 3.05) is 30.3 Å². The van der Waals surface area contributed by atoms with Gasteiger partial charge in [-0.1, -0.05) is 66.7 Å². The third kappa shape index (κ3) is 8.54. The van der Waals surface area contributed by atoms with Crippen molar-refractivity contribution in [3.8, 4) is 11.1 Å². The van der Waals surface area contributed by atoms with E-state index in [-0.39, 0.29) is 24.3 Å². The number of aryl methyl sites for hydroxylation is 1. The van der Waals surface area contributed by atoms with Crippen molar-refractivity contribution in [2.45, 2.75) is 83.6 Å². The summed E-state index contributed by atoms with van der Waals surface area (Å²) in [6, 6.07) is 10.7. The Hall–Kier alpha value is -4.23. The van der Waals surface area contributed by atoms with E-state index in [0.29, 0.717) is 63.3 Å². The number of aliphatic carboxylic acids is 1. The molecule has 2 aromatic carbocycles. The smallest absolute Gasteiger partial charge is 0.306 e. The van der Waals surface area contributed by atoms with E-state index in [2.05, 4.69) is 20.5 Å². The fourth-order valence-electron chi connectivity index (χ4n) is 8.95. The zero-order valence-electron chi connectivity index (χ0n) is 32.1. The highest BCUT2D eigenvalue weighted by Crippen LogP contribution is 2.41. The maximum Gasteiger partial charge on any atom is 0.306 e. The largest absolute Gasteiger partial charge is 0.481 e. The first kappa shape index (κ1) is 40.0. The van der Waals surface area contributed by atoms with Crippen LogP contribution in [0.15, 0.2) is 36.4 Å². The number of carbonyl (C=O) groups excluding carboxylic acids is 2. The summed E-state index contributed by atoms with van der Waals surface area (Å²) in [6.07, 6.45) is 11.5. The first-order valence-corrected chi connectivity index (χ1v) is 20.6. The van der Waals surface area contributed by atoms with Crippen LogP contribution in [0.4, 0.5) is 11.4 Å². The van der Waals surface area contributed by atoms with Gasteiger partial charge in [0.25, 0.3) is 11.8 Å². The number of imidazole rings is 2. The van der Waals surface area contributed by atoms with Crippen LogP contribution in [0.1, 0.15) is 102 Å². The van der Waals surface area contributed by atoms with Gasteiger partial charge in [0.15, 0.2) is 11.6 Å². The van der Waals surface area contributed by atoms with Gasteiger partial charge < -0.3 is 30.0 Å². The number of amides is 2. The molecule has 2 aliphatic carbocycles. The van der Waals surface area contributed by atoms with E-state index in [9.17, 15) is 24.6 Å². The quantitative estimate of drug-likeness (QED) is 0.121. The van der Waals surface area contributed by atoms with E-state index < -0.39 is 11.9 Å². The Bertz CT molecular complexity index is 2100. The number of hydrogen-bond donors (Lipinski definition) is 4. The fourth-order valence-corrected chi connectivity index (χ4v) is 9.50. The molecule has 14 heteroatoms. The molecule has 7 rings (SSSR count). The Morgan fingerprint density at radius 2 is 1.30 bits per heavy atom. The Morgan fingerprint density at radius 3 is 1.88 bits per heavy atom. The second-order valence-corrected chi connectivity index (χ2v) is 16.5. The summed E-state index contributed by atoms with van der Waals surface area (Å²) in [5.74, 6) is 0.286. The second kappa shape index (κ2) is 17.5. The molecule has 2 aromatic heterocycles. The fraction of sp³-hybridized carbons (Fsp3) is 0.500. The third-order valence-corrected chi connectivity index (χ3v) is 13.0. The molecule has 0 bridgehead atoms. The molecule has 12 nitrogen and oxygen atoms in total. The van der Waals surface area contributed by atoms with Gasteiger partial charge in [-0.25, -0.2) is 9.97 Å². The Kier molecular flexibility index (Phi) is 12.5. The molecule has 4 N–H and O–H groups in total. The van der Waals surface area contributed by atoms with E-state index in [0.717, 1.165) is 106 Å². The maximum atomic E-state index is 13.8. The number of fused-ring (bicyclic) bond motifs is 2. The Labute approximate surface area is 337 Å². The minimum absolute atomic E-state index is 0.0690. The average Bonchev–Trinajstić information content (AvgIpc) is 3.67. The minimum atomic E-state index is -0.649. The number of anilines is 2. The zero-order valence-corrected chi connectivity index (χ0v) is 33.6. The third-order valence-electron chi connectivity index (χ3n) is 12.2. The van der Waals surface area contributed by atoms with Crippen LogP contribution in [0.25, 0.3) is 11.1 Å². The number of carboxylic acid groups (broad SMARTS) is 1. The molecule has 3 aliphatic rings. The van der Waals surface area contributed by atoms with Crippen molar-refractivity contribution < 1.29 is 24.6 Å². The normalized spacial score (nSPS) is 20.1. The number of aromatic nitrogens is 4. The topological polar surface area (TPSA) is 155 Å². The molecule has 0 spiro atoms.